The van der Waals surface area contributed by atoms with E-state index in [1.54, 1.807) is 36.4 Å². The quantitative estimate of drug-likeness (QED) is 0.696. The normalized spacial score (nSPS) is 14.2. The third-order valence-corrected chi connectivity index (χ3v) is 7.13. The Bertz CT molecular complexity index is 998. The molecule has 1 amide bonds. The van der Waals surface area contributed by atoms with Crippen molar-refractivity contribution in [2.24, 2.45) is 0 Å². The number of sulfonamides is 1. The van der Waals surface area contributed by atoms with E-state index in [0.717, 1.165) is 30.4 Å². The summed E-state index contributed by atoms with van der Waals surface area (Å²) in [7, 11) is -3.87. The van der Waals surface area contributed by atoms with Gasteiger partial charge in [-0.2, -0.15) is 0 Å². The van der Waals surface area contributed by atoms with Crippen LogP contribution in [0.5, 0.6) is 0 Å². The van der Waals surface area contributed by atoms with Gasteiger partial charge in [0.2, 0.25) is 5.91 Å². The predicted octanol–water partition coefficient (Wildman–Crippen LogP) is 4.12. The van der Waals surface area contributed by atoms with Crippen molar-refractivity contribution < 1.29 is 13.2 Å². The van der Waals surface area contributed by atoms with Crippen LogP contribution in [-0.2, 0) is 14.8 Å². The Kier molecular flexibility index (Phi) is 6.75. The molecule has 29 heavy (non-hydrogen) atoms. The minimum atomic E-state index is -3.87. The van der Waals surface area contributed by atoms with Crippen LogP contribution in [0.3, 0.4) is 0 Å². The first-order valence-corrected chi connectivity index (χ1v) is 11.4. The van der Waals surface area contributed by atoms with Crippen molar-refractivity contribution in [2.45, 2.75) is 44.4 Å². The van der Waals surface area contributed by atoms with Crippen LogP contribution < -0.4 is 9.62 Å². The molecule has 0 spiro atoms. The highest BCUT2D eigenvalue weighted by atomic mass is 32.2. The molecule has 2 aromatic carbocycles. The summed E-state index contributed by atoms with van der Waals surface area (Å²) in [6.45, 7) is 4.03. The van der Waals surface area contributed by atoms with Gasteiger partial charge in [-0.3, -0.25) is 9.10 Å². The first-order chi connectivity index (χ1) is 13.9. The summed E-state index contributed by atoms with van der Waals surface area (Å²) >= 11 is 0. The van der Waals surface area contributed by atoms with Crippen LogP contribution in [0.15, 0.2) is 65.1 Å². The van der Waals surface area contributed by atoms with Gasteiger partial charge in [0, 0.05) is 6.54 Å². The highest BCUT2D eigenvalue weighted by molar-refractivity contribution is 7.92. The van der Waals surface area contributed by atoms with Crippen molar-refractivity contribution >= 4 is 21.6 Å². The van der Waals surface area contributed by atoms with Crippen LogP contribution in [0.25, 0.3) is 0 Å². The number of nitrogens with zero attached hydrogens (tertiary/aromatic N) is 1. The van der Waals surface area contributed by atoms with E-state index in [2.05, 4.69) is 11.4 Å². The number of carbonyl (C=O) groups excluding carboxylic acids is 1. The number of allylic oxidation sites excluding steroid dienone is 1. The van der Waals surface area contributed by atoms with E-state index < -0.39 is 10.0 Å². The summed E-state index contributed by atoms with van der Waals surface area (Å²) in [6, 6.07) is 13.7. The first kappa shape index (κ1) is 21.1. The molecular weight excluding hydrogens is 384 g/mol. The molecule has 0 bridgehead atoms. The molecule has 0 heterocycles. The van der Waals surface area contributed by atoms with Crippen molar-refractivity contribution in [3.63, 3.8) is 0 Å². The molecule has 0 saturated heterocycles. The molecule has 0 unspecified atom stereocenters. The molecule has 5 nitrogen and oxygen atoms in total. The molecule has 2 aromatic rings. The molecule has 0 saturated carbocycles. The van der Waals surface area contributed by atoms with Gasteiger partial charge in [0.1, 0.15) is 6.54 Å². The summed E-state index contributed by atoms with van der Waals surface area (Å²) in [5, 5.41) is 2.90. The Balaban J connectivity index is 1.88. The van der Waals surface area contributed by atoms with E-state index in [9.17, 15) is 13.2 Å². The molecule has 154 valence electrons. The fraction of sp³-hybridized carbons (Fsp3) is 0.348. The molecule has 1 N–H and O–H groups in total. The van der Waals surface area contributed by atoms with Crippen molar-refractivity contribution in [3.05, 3.63) is 71.3 Å². The molecule has 0 aliphatic heterocycles. The molecule has 6 heteroatoms. The largest absolute Gasteiger partial charge is 0.351 e. The number of hydrogen-bond donors (Lipinski definition) is 1. The van der Waals surface area contributed by atoms with Crippen LogP contribution in [0.1, 0.15) is 36.8 Å². The van der Waals surface area contributed by atoms with Crippen LogP contribution in [0, 0.1) is 13.8 Å². The molecular formula is C23H28N2O3S. The van der Waals surface area contributed by atoms with Crippen molar-refractivity contribution in [1.29, 1.82) is 0 Å². The van der Waals surface area contributed by atoms with E-state index >= 15 is 0 Å². The molecule has 1 aliphatic carbocycles. The zero-order valence-corrected chi connectivity index (χ0v) is 17.8. The fourth-order valence-electron chi connectivity index (χ4n) is 3.49. The predicted molar refractivity (Wildman–Crippen MR) is 116 cm³/mol. The number of carbonyl (C=O) groups is 1. The van der Waals surface area contributed by atoms with Crippen LogP contribution in [0.4, 0.5) is 5.69 Å². The maximum atomic E-state index is 13.4. The third-order valence-electron chi connectivity index (χ3n) is 5.36. The van der Waals surface area contributed by atoms with E-state index in [1.165, 1.54) is 16.3 Å². The number of rotatable bonds is 7. The third kappa shape index (κ3) is 5.07. The minimum Gasteiger partial charge on any atom is -0.351 e. The summed E-state index contributed by atoms with van der Waals surface area (Å²) < 4.78 is 28.0. The van der Waals surface area contributed by atoms with Gasteiger partial charge in [-0.05, 0) is 68.9 Å². The summed E-state index contributed by atoms with van der Waals surface area (Å²) in [4.78, 5) is 12.9. The van der Waals surface area contributed by atoms with Crippen LogP contribution in [0.2, 0.25) is 0 Å². The molecule has 3 rings (SSSR count). The van der Waals surface area contributed by atoms with Gasteiger partial charge in [0.15, 0.2) is 0 Å². The van der Waals surface area contributed by atoms with Crippen molar-refractivity contribution in [2.75, 3.05) is 17.4 Å². The number of aryl methyl sites for hydroxylation is 1. The second kappa shape index (κ2) is 9.27. The number of amides is 1. The van der Waals surface area contributed by atoms with Gasteiger partial charge in [-0.1, -0.05) is 42.0 Å². The molecule has 0 atom stereocenters. The maximum Gasteiger partial charge on any atom is 0.264 e. The number of nitrogens with one attached hydrogen (secondary N) is 1. The SMILES string of the molecule is Cc1cccc(N(CC(=O)NCC2=CCCCC2)S(=O)(=O)c2ccccc2)c1C. The van der Waals surface area contributed by atoms with Crippen LogP contribution >= 0.6 is 0 Å². The topological polar surface area (TPSA) is 66.5 Å². The Morgan fingerprint density at radius 1 is 1.03 bits per heavy atom. The molecule has 0 radical (unpaired) electrons. The zero-order chi connectivity index (χ0) is 20.9. The average Bonchev–Trinajstić information content (AvgIpc) is 2.74. The number of hydrogen-bond acceptors (Lipinski definition) is 3. The smallest absolute Gasteiger partial charge is 0.264 e. The van der Waals surface area contributed by atoms with Crippen molar-refractivity contribution in [1.82, 2.24) is 5.32 Å². The number of benzene rings is 2. The second-order valence-electron chi connectivity index (χ2n) is 7.43. The lowest BCUT2D eigenvalue weighted by Crippen LogP contribution is -2.41. The molecule has 0 fully saturated rings. The lowest BCUT2D eigenvalue weighted by Gasteiger charge is -2.26. The average molecular weight is 413 g/mol. The fourth-order valence-corrected chi connectivity index (χ4v) is 4.99. The molecule has 0 aromatic heterocycles. The van der Waals surface area contributed by atoms with E-state index in [1.807, 2.05) is 26.0 Å². The van der Waals surface area contributed by atoms with Gasteiger partial charge in [-0.15, -0.1) is 0 Å². The highest BCUT2D eigenvalue weighted by Gasteiger charge is 2.28. The highest BCUT2D eigenvalue weighted by Crippen LogP contribution is 2.28. The summed E-state index contributed by atoms with van der Waals surface area (Å²) in [5.74, 6) is -0.308. The Morgan fingerprint density at radius 2 is 1.79 bits per heavy atom. The Labute approximate surface area is 173 Å². The Morgan fingerprint density at radius 3 is 2.48 bits per heavy atom. The standard InChI is InChI=1S/C23H28N2O3S/c1-18-10-9-15-22(19(18)2)25(29(27,28)21-13-7-4-8-14-21)17-23(26)24-16-20-11-5-3-6-12-20/h4,7-11,13-15H,3,5-6,12,16-17H2,1-2H3,(H,24,26). The van der Waals surface area contributed by atoms with Crippen molar-refractivity contribution in [3.8, 4) is 0 Å². The lowest BCUT2D eigenvalue weighted by molar-refractivity contribution is -0.119. The van der Waals surface area contributed by atoms with Gasteiger partial charge in [-0.25, -0.2) is 8.42 Å². The van der Waals surface area contributed by atoms with Gasteiger partial charge in [0.05, 0.1) is 10.6 Å². The zero-order valence-electron chi connectivity index (χ0n) is 17.0. The van der Waals surface area contributed by atoms with Gasteiger partial charge < -0.3 is 5.32 Å². The summed E-state index contributed by atoms with van der Waals surface area (Å²) in [6.07, 6.45) is 6.53. The van der Waals surface area contributed by atoms with E-state index in [4.69, 9.17) is 0 Å². The number of anilines is 1. The minimum absolute atomic E-state index is 0.170. The van der Waals surface area contributed by atoms with E-state index in [-0.39, 0.29) is 17.3 Å². The van der Waals surface area contributed by atoms with E-state index in [0.29, 0.717) is 12.2 Å². The van der Waals surface area contributed by atoms with Gasteiger partial charge in [0.25, 0.3) is 10.0 Å². The summed E-state index contributed by atoms with van der Waals surface area (Å²) in [5.41, 5.74) is 3.56. The first-order valence-electron chi connectivity index (χ1n) is 9.98. The van der Waals surface area contributed by atoms with Crippen LogP contribution in [-0.4, -0.2) is 27.4 Å². The maximum absolute atomic E-state index is 13.4. The lowest BCUT2D eigenvalue weighted by atomic mass is 10.00. The monoisotopic (exact) mass is 412 g/mol. The second-order valence-corrected chi connectivity index (χ2v) is 9.29. The Hall–Kier alpha value is -2.60. The molecule has 1 aliphatic rings. The van der Waals surface area contributed by atoms with Gasteiger partial charge >= 0.3 is 0 Å².